The van der Waals surface area contributed by atoms with Crippen LogP contribution in [-0.4, -0.2) is 22.4 Å². The number of nitrogen functional groups attached to an aromatic ring is 1. The predicted molar refractivity (Wildman–Crippen MR) is 77.3 cm³/mol. The highest BCUT2D eigenvalue weighted by Gasteiger charge is 2.15. The summed E-state index contributed by atoms with van der Waals surface area (Å²) in [5, 5.41) is 7.07. The van der Waals surface area contributed by atoms with Crippen molar-refractivity contribution in [2.75, 3.05) is 17.7 Å². The Morgan fingerprint density at radius 1 is 1.52 bits per heavy atom. The molecule has 0 radical (unpaired) electrons. The van der Waals surface area contributed by atoms with Crippen LogP contribution >= 0.6 is 0 Å². The van der Waals surface area contributed by atoms with Crippen molar-refractivity contribution in [3.05, 3.63) is 41.5 Å². The highest BCUT2D eigenvalue weighted by molar-refractivity contribution is 5.96. The number of nitrogens with zero attached hydrogens (tertiary/aromatic N) is 2. The molecule has 6 nitrogen and oxygen atoms in total. The van der Waals surface area contributed by atoms with Gasteiger partial charge < -0.3 is 15.8 Å². The maximum Gasteiger partial charge on any atom is 0.340 e. The highest BCUT2D eigenvalue weighted by Crippen LogP contribution is 2.23. The Hall–Kier alpha value is -2.57. The van der Waals surface area contributed by atoms with E-state index in [2.05, 4.69) is 10.4 Å². The number of carbonyl (C=O) groups excluding carboxylic acids is 1. The SMILES string of the molecule is CCOC(=O)c1cc(NCc2ccn(C)n2)c(F)cc1N. The second-order valence-electron chi connectivity index (χ2n) is 4.47. The lowest BCUT2D eigenvalue weighted by Gasteiger charge is -2.11. The molecule has 1 aromatic carbocycles. The summed E-state index contributed by atoms with van der Waals surface area (Å²) in [6, 6.07) is 4.27. The van der Waals surface area contributed by atoms with Crippen LogP contribution in [0.1, 0.15) is 23.0 Å². The van der Waals surface area contributed by atoms with E-state index in [0.29, 0.717) is 6.54 Å². The number of nitrogens with two attached hydrogens (primary N) is 1. The van der Waals surface area contributed by atoms with E-state index < -0.39 is 11.8 Å². The first-order valence-electron chi connectivity index (χ1n) is 6.49. The van der Waals surface area contributed by atoms with Gasteiger partial charge in [0.1, 0.15) is 5.82 Å². The molecule has 0 saturated heterocycles. The van der Waals surface area contributed by atoms with Crippen LogP contribution < -0.4 is 11.1 Å². The minimum Gasteiger partial charge on any atom is -0.462 e. The van der Waals surface area contributed by atoms with E-state index in [9.17, 15) is 9.18 Å². The van der Waals surface area contributed by atoms with Crippen LogP contribution in [0.4, 0.5) is 15.8 Å². The molecular formula is C14H17FN4O2. The summed E-state index contributed by atoms with van der Waals surface area (Å²) in [6.45, 7) is 2.26. The van der Waals surface area contributed by atoms with E-state index in [1.54, 1.807) is 24.9 Å². The average molecular weight is 292 g/mol. The Labute approximate surface area is 121 Å². The van der Waals surface area contributed by atoms with Crippen molar-refractivity contribution in [2.45, 2.75) is 13.5 Å². The average Bonchev–Trinajstić information content (AvgIpc) is 2.83. The molecule has 2 rings (SSSR count). The Morgan fingerprint density at radius 3 is 2.90 bits per heavy atom. The summed E-state index contributed by atoms with van der Waals surface area (Å²) in [5.74, 6) is -1.10. The van der Waals surface area contributed by atoms with Gasteiger partial charge in [0, 0.05) is 18.9 Å². The molecule has 0 spiro atoms. The van der Waals surface area contributed by atoms with Crippen molar-refractivity contribution in [1.82, 2.24) is 9.78 Å². The molecule has 7 heteroatoms. The molecular weight excluding hydrogens is 275 g/mol. The molecule has 0 bridgehead atoms. The van der Waals surface area contributed by atoms with Gasteiger partial charge in [0.15, 0.2) is 0 Å². The van der Waals surface area contributed by atoms with Crippen LogP contribution in [0.2, 0.25) is 0 Å². The van der Waals surface area contributed by atoms with Crippen LogP contribution in [0.15, 0.2) is 24.4 Å². The number of ether oxygens (including phenoxy) is 1. The maximum absolute atomic E-state index is 13.9. The molecule has 0 atom stereocenters. The van der Waals surface area contributed by atoms with Crippen molar-refractivity contribution < 1.29 is 13.9 Å². The summed E-state index contributed by atoms with van der Waals surface area (Å²) in [5.41, 5.74) is 6.77. The minimum absolute atomic E-state index is 0.0503. The highest BCUT2D eigenvalue weighted by atomic mass is 19.1. The summed E-state index contributed by atoms with van der Waals surface area (Å²) >= 11 is 0. The number of rotatable bonds is 5. The predicted octanol–water partition coefficient (Wildman–Crippen LogP) is 1.93. The first-order chi connectivity index (χ1) is 10.0. The first-order valence-corrected chi connectivity index (χ1v) is 6.49. The molecule has 1 heterocycles. The number of carbonyl (C=O) groups is 1. The zero-order chi connectivity index (χ0) is 15.4. The van der Waals surface area contributed by atoms with Gasteiger partial charge >= 0.3 is 5.97 Å². The third-order valence-electron chi connectivity index (χ3n) is 2.86. The fourth-order valence-corrected chi connectivity index (χ4v) is 1.85. The third-order valence-corrected chi connectivity index (χ3v) is 2.86. The summed E-state index contributed by atoms with van der Waals surface area (Å²) in [4.78, 5) is 11.7. The van der Waals surface area contributed by atoms with Crippen molar-refractivity contribution in [3.8, 4) is 0 Å². The molecule has 1 aromatic heterocycles. The number of benzene rings is 1. The van der Waals surface area contributed by atoms with Gasteiger partial charge in [-0.25, -0.2) is 9.18 Å². The van der Waals surface area contributed by atoms with E-state index in [-0.39, 0.29) is 23.5 Å². The molecule has 0 amide bonds. The lowest BCUT2D eigenvalue weighted by Crippen LogP contribution is -2.10. The van der Waals surface area contributed by atoms with E-state index in [1.165, 1.54) is 6.07 Å². The Balaban J connectivity index is 2.18. The molecule has 112 valence electrons. The van der Waals surface area contributed by atoms with Gasteiger partial charge in [0.25, 0.3) is 0 Å². The summed E-state index contributed by atoms with van der Waals surface area (Å²) in [6.07, 6.45) is 1.79. The molecule has 3 N–H and O–H groups in total. The van der Waals surface area contributed by atoms with Crippen LogP contribution in [0, 0.1) is 5.82 Å². The lowest BCUT2D eigenvalue weighted by atomic mass is 10.1. The van der Waals surface area contributed by atoms with Crippen LogP contribution in [-0.2, 0) is 18.3 Å². The second kappa shape index (κ2) is 6.25. The Bertz CT molecular complexity index is 654. The van der Waals surface area contributed by atoms with E-state index >= 15 is 0 Å². The molecule has 0 saturated carbocycles. The van der Waals surface area contributed by atoms with Crippen molar-refractivity contribution in [3.63, 3.8) is 0 Å². The van der Waals surface area contributed by atoms with E-state index in [0.717, 1.165) is 11.8 Å². The van der Waals surface area contributed by atoms with Crippen molar-refractivity contribution in [1.29, 1.82) is 0 Å². The monoisotopic (exact) mass is 292 g/mol. The van der Waals surface area contributed by atoms with E-state index in [4.69, 9.17) is 10.5 Å². The fraction of sp³-hybridized carbons (Fsp3) is 0.286. The van der Waals surface area contributed by atoms with Crippen LogP contribution in [0.25, 0.3) is 0 Å². The summed E-state index contributed by atoms with van der Waals surface area (Å²) < 4.78 is 20.4. The number of esters is 1. The van der Waals surface area contributed by atoms with Gasteiger partial charge in [-0.05, 0) is 25.1 Å². The molecule has 21 heavy (non-hydrogen) atoms. The minimum atomic E-state index is -0.573. The maximum atomic E-state index is 13.9. The summed E-state index contributed by atoms with van der Waals surface area (Å²) in [7, 11) is 1.80. The quantitative estimate of drug-likeness (QED) is 0.650. The van der Waals surface area contributed by atoms with Crippen LogP contribution in [0.3, 0.4) is 0 Å². The largest absolute Gasteiger partial charge is 0.462 e. The zero-order valence-electron chi connectivity index (χ0n) is 11.9. The number of aryl methyl sites for hydroxylation is 1. The fourth-order valence-electron chi connectivity index (χ4n) is 1.85. The first kappa shape index (κ1) is 14.8. The van der Waals surface area contributed by atoms with Gasteiger partial charge in [0.05, 0.1) is 30.1 Å². The molecule has 0 aliphatic rings. The number of nitrogens with one attached hydrogen (secondary N) is 1. The number of halogens is 1. The molecule has 0 aliphatic carbocycles. The molecule has 0 unspecified atom stereocenters. The Morgan fingerprint density at radius 2 is 2.29 bits per heavy atom. The van der Waals surface area contributed by atoms with Gasteiger partial charge in [-0.2, -0.15) is 5.10 Å². The van der Waals surface area contributed by atoms with Crippen LogP contribution in [0.5, 0.6) is 0 Å². The van der Waals surface area contributed by atoms with E-state index in [1.807, 2.05) is 6.07 Å². The second-order valence-corrected chi connectivity index (χ2v) is 4.47. The molecule has 0 fully saturated rings. The number of aromatic nitrogens is 2. The smallest absolute Gasteiger partial charge is 0.340 e. The molecule has 2 aromatic rings. The normalized spacial score (nSPS) is 10.4. The van der Waals surface area contributed by atoms with Crippen molar-refractivity contribution >= 4 is 17.3 Å². The topological polar surface area (TPSA) is 82.2 Å². The molecule has 0 aliphatic heterocycles. The number of hydrogen-bond acceptors (Lipinski definition) is 5. The number of anilines is 2. The lowest BCUT2D eigenvalue weighted by molar-refractivity contribution is 0.0527. The van der Waals surface area contributed by atoms with Gasteiger partial charge in [-0.3, -0.25) is 4.68 Å². The standard InChI is InChI=1S/C14H17FN4O2/c1-3-21-14(20)10-6-13(11(15)7-12(10)16)17-8-9-4-5-19(2)18-9/h4-7,17H,3,8,16H2,1-2H3. The number of hydrogen-bond donors (Lipinski definition) is 2. The van der Waals surface area contributed by atoms with Gasteiger partial charge in [0.2, 0.25) is 0 Å². The zero-order valence-corrected chi connectivity index (χ0v) is 11.9. The Kier molecular flexibility index (Phi) is 4.42. The van der Waals surface area contributed by atoms with Gasteiger partial charge in [-0.15, -0.1) is 0 Å². The van der Waals surface area contributed by atoms with Gasteiger partial charge in [-0.1, -0.05) is 0 Å². The third kappa shape index (κ3) is 3.50. The van der Waals surface area contributed by atoms with Crippen molar-refractivity contribution in [2.24, 2.45) is 7.05 Å².